The largest absolute Gasteiger partial charge is 0.486 e. The van der Waals surface area contributed by atoms with Crippen molar-refractivity contribution in [2.24, 2.45) is 0 Å². The number of rotatable bonds is 5. The molecular formula is C13H16N4O3. The predicted octanol–water partition coefficient (Wildman–Crippen LogP) is 1.72. The van der Waals surface area contributed by atoms with E-state index in [4.69, 9.17) is 15.6 Å². The molecule has 3 N–H and O–H groups in total. The maximum Gasteiger partial charge on any atom is 0.337 e. The minimum absolute atomic E-state index is 0.0581. The Balaban J connectivity index is 2.09. The summed E-state index contributed by atoms with van der Waals surface area (Å²) in [6.07, 6.45) is 1.47. The summed E-state index contributed by atoms with van der Waals surface area (Å²) in [5, 5.41) is 13.0. The van der Waals surface area contributed by atoms with Gasteiger partial charge in [0, 0.05) is 17.8 Å². The number of carboxylic acid groups (broad SMARTS) is 1. The van der Waals surface area contributed by atoms with E-state index in [2.05, 4.69) is 10.1 Å². The molecule has 2 aromatic rings. The molecule has 0 spiro atoms. The molecule has 1 aromatic carbocycles. The second-order valence-corrected chi connectivity index (χ2v) is 4.56. The van der Waals surface area contributed by atoms with Crippen molar-refractivity contribution < 1.29 is 14.6 Å². The first kappa shape index (κ1) is 13.9. The SMILES string of the molecule is CC(C)n1ncnc1COc1ccc(C(=O)O)c(N)c1. The van der Waals surface area contributed by atoms with Gasteiger partial charge in [0.15, 0.2) is 5.82 Å². The highest BCUT2D eigenvalue weighted by atomic mass is 16.5. The number of aromatic carboxylic acids is 1. The molecule has 0 bridgehead atoms. The average molecular weight is 276 g/mol. The molecule has 7 nitrogen and oxygen atoms in total. The van der Waals surface area contributed by atoms with E-state index in [0.717, 1.165) is 0 Å². The van der Waals surface area contributed by atoms with Crippen LogP contribution in [-0.4, -0.2) is 25.8 Å². The topological polar surface area (TPSA) is 103 Å². The van der Waals surface area contributed by atoms with E-state index < -0.39 is 5.97 Å². The highest BCUT2D eigenvalue weighted by Gasteiger charge is 2.11. The summed E-state index contributed by atoms with van der Waals surface area (Å²) >= 11 is 0. The van der Waals surface area contributed by atoms with Gasteiger partial charge in [-0.3, -0.25) is 0 Å². The van der Waals surface area contributed by atoms with E-state index in [-0.39, 0.29) is 23.9 Å². The first-order chi connectivity index (χ1) is 9.49. The van der Waals surface area contributed by atoms with Gasteiger partial charge in [-0.2, -0.15) is 5.10 Å². The quantitative estimate of drug-likeness (QED) is 0.806. The lowest BCUT2D eigenvalue weighted by Gasteiger charge is -2.11. The number of benzene rings is 1. The average Bonchev–Trinajstić information content (AvgIpc) is 2.84. The second kappa shape index (κ2) is 5.60. The number of carboxylic acids is 1. The number of hydrogen-bond acceptors (Lipinski definition) is 5. The molecule has 0 amide bonds. The summed E-state index contributed by atoms with van der Waals surface area (Å²) in [5.41, 5.74) is 5.88. The van der Waals surface area contributed by atoms with E-state index in [1.165, 1.54) is 18.5 Å². The van der Waals surface area contributed by atoms with Crippen LogP contribution in [0.25, 0.3) is 0 Å². The maximum atomic E-state index is 10.9. The van der Waals surface area contributed by atoms with Crippen LogP contribution < -0.4 is 10.5 Å². The molecule has 106 valence electrons. The molecule has 0 saturated carbocycles. The minimum atomic E-state index is -1.06. The lowest BCUT2D eigenvalue weighted by atomic mass is 10.2. The maximum absolute atomic E-state index is 10.9. The van der Waals surface area contributed by atoms with Crippen molar-refractivity contribution in [2.45, 2.75) is 26.5 Å². The van der Waals surface area contributed by atoms with Crippen LogP contribution >= 0.6 is 0 Å². The summed E-state index contributed by atoms with van der Waals surface area (Å²) in [6.45, 7) is 4.24. The van der Waals surface area contributed by atoms with Crippen LogP contribution in [-0.2, 0) is 6.61 Å². The van der Waals surface area contributed by atoms with Crippen LogP contribution in [0, 0.1) is 0 Å². The van der Waals surface area contributed by atoms with Crippen molar-refractivity contribution >= 4 is 11.7 Å². The number of nitrogens with two attached hydrogens (primary N) is 1. The van der Waals surface area contributed by atoms with Crippen molar-refractivity contribution in [1.82, 2.24) is 14.8 Å². The Labute approximate surface area is 116 Å². The summed E-state index contributed by atoms with van der Waals surface area (Å²) in [6, 6.07) is 4.66. The second-order valence-electron chi connectivity index (χ2n) is 4.56. The third kappa shape index (κ3) is 2.87. The number of ether oxygens (including phenoxy) is 1. The van der Waals surface area contributed by atoms with Crippen molar-refractivity contribution in [1.29, 1.82) is 0 Å². The van der Waals surface area contributed by atoms with Crippen LogP contribution in [0.2, 0.25) is 0 Å². The molecule has 20 heavy (non-hydrogen) atoms. The number of carbonyl (C=O) groups is 1. The molecule has 0 radical (unpaired) electrons. The zero-order chi connectivity index (χ0) is 14.7. The van der Waals surface area contributed by atoms with Crippen molar-refractivity contribution in [3.05, 3.63) is 35.9 Å². The van der Waals surface area contributed by atoms with Crippen LogP contribution in [0.4, 0.5) is 5.69 Å². The van der Waals surface area contributed by atoms with E-state index in [9.17, 15) is 4.79 Å². The third-order valence-electron chi connectivity index (χ3n) is 2.76. The van der Waals surface area contributed by atoms with Crippen LogP contribution in [0.15, 0.2) is 24.5 Å². The summed E-state index contributed by atoms with van der Waals surface area (Å²) in [4.78, 5) is 15.0. The summed E-state index contributed by atoms with van der Waals surface area (Å²) in [5.74, 6) is 0.125. The Morgan fingerprint density at radius 2 is 2.25 bits per heavy atom. The Hall–Kier alpha value is -2.57. The van der Waals surface area contributed by atoms with Crippen molar-refractivity contribution in [3.8, 4) is 5.75 Å². The monoisotopic (exact) mass is 276 g/mol. The van der Waals surface area contributed by atoms with Crippen LogP contribution in [0.5, 0.6) is 5.75 Å². The third-order valence-corrected chi connectivity index (χ3v) is 2.76. The van der Waals surface area contributed by atoms with Crippen molar-refractivity contribution in [2.75, 3.05) is 5.73 Å². The molecule has 0 unspecified atom stereocenters. The van der Waals surface area contributed by atoms with Crippen LogP contribution in [0.3, 0.4) is 0 Å². The number of hydrogen-bond donors (Lipinski definition) is 2. The van der Waals surface area contributed by atoms with E-state index >= 15 is 0 Å². The number of nitrogens with zero attached hydrogens (tertiary/aromatic N) is 3. The molecule has 2 rings (SSSR count). The predicted molar refractivity (Wildman–Crippen MR) is 72.6 cm³/mol. The van der Waals surface area contributed by atoms with Gasteiger partial charge in [-0.05, 0) is 26.0 Å². The normalized spacial score (nSPS) is 10.8. The number of aromatic nitrogens is 3. The summed E-state index contributed by atoms with van der Waals surface area (Å²) < 4.78 is 7.32. The van der Waals surface area contributed by atoms with Gasteiger partial charge in [0.2, 0.25) is 0 Å². The number of anilines is 1. The number of nitrogen functional groups attached to an aromatic ring is 1. The van der Waals surface area contributed by atoms with Gasteiger partial charge in [-0.1, -0.05) is 0 Å². The van der Waals surface area contributed by atoms with Crippen molar-refractivity contribution in [3.63, 3.8) is 0 Å². The van der Waals surface area contributed by atoms with Gasteiger partial charge >= 0.3 is 5.97 Å². The minimum Gasteiger partial charge on any atom is -0.486 e. The molecule has 1 heterocycles. The first-order valence-electron chi connectivity index (χ1n) is 6.13. The van der Waals surface area contributed by atoms with Gasteiger partial charge in [0.05, 0.1) is 5.56 Å². The molecular weight excluding hydrogens is 260 g/mol. The zero-order valence-electron chi connectivity index (χ0n) is 11.3. The smallest absolute Gasteiger partial charge is 0.337 e. The Kier molecular flexibility index (Phi) is 3.88. The lowest BCUT2D eigenvalue weighted by Crippen LogP contribution is -2.11. The molecule has 1 aromatic heterocycles. The Morgan fingerprint density at radius 3 is 2.85 bits per heavy atom. The lowest BCUT2D eigenvalue weighted by molar-refractivity contribution is 0.0698. The zero-order valence-corrected chi connectivity index (χ0v) is 11.3. The van der Waals surface area contributed by atoms with Gasteiger partial charge in [0.25, 0.3) is 0 Å². The highest BCUT2D eigenvalue weighted by molar-refractivity contribution is 5.93. The molecule has 7 heteroatoms. The molecule has 0 aliphatic heterocycles. The fourth-order valence-electron chi connectivity index (χ4n) is 1.78. The highest BCUT2D eigenvalue weighted by Crippen LogP contribution is 2.21. The first-order valence-corrected chi connectivity index (χ1v) is 6.13. The fraction of sp³-hybridized carbons (Fsp3) is 0.308. The summed E-state index contributed by atoms with van der Waals surface area (Å²) in [7, 11) is 0. The molecule has 0 saturated heterocycles. The standard InChI is InChI=1S/C13H16N4O3/c1-8(2)17-12(15-7-16-17)6-20-9-3-4-10(13(18)19)11(14)5-9/h3-5,7-8H,6,14H2,1-2H3,(H,18,19). The van der Waals surface area contributed by atoms with Gasteiger partial charge < -0.3 is 15.6 Å². The van der Waals surface area contributed by atoms with Gasteiger partial charge in [-0.15, -0.1) is 0 Å². The van der Waals surface area contributed by atoms with E-state index in [1.54, 1.807) is 10.7 Å². The van der Waals surface area contributed by atoms with Gasteiger partial charge in [0.1, 0.15) is 18.7 Å². The van der Waals surface area contributed by atoms with E-state index in [1.807, 2.05) is 13.8 Å². The fourth-order valence-corrected chi connectivity index (χ4v) is 1.78. The molecule has 0 aliphatic rings. The van der Waals surface area contributed by atoms with Crippen LogP contribution in [0.1, 0.15) is 36.1 Å². The Morgan fingerprint density at radius 1 is 1.50 bits per heavy atom. The van der Waals surface area contributed by atoms with Gasteiger partial charge in [-0.25, -0.2) is 14.5 Å². The Bertz CT molecular complexity index is 622. The molecule has 0 atom stereocenters. The molecule has 0 aliphatic carbocycles. The van der Waals surface area contributed by atoms with E-state index in [0.29, 0.717) is 11.6 Å². The molecule has 0 fully saturated rings.